The van der Waals surface area contributed by atoms with Crippen LogP contribution in [-0.2, 0) is 18.7 Å². The summed E-state index contributed by atoms with van der Waals surface area (Å²) in [7, 11) is 0. The molecule has 1 aliphatic heterocycles. The molecule has 0 unspecified atom stereocenters. The predicted molar refractivity (Wildman–Crippen MR) is 141 cm³/mol. The lowest BCUT2D eigenvalue weighted by molar-refractivity contribution is 0.102. The number of hydrogen-bond acceptors (Lipinski definition) is 6. The Hall–Kier alpha value is -3.91. The first kappa shape index (κ1) is 22.5. The molecule has 6 rings (SSSR count). The zero-order valence-corrected chi connectivity index (χ0v) is 20.5. The van der Waals surface area contributed by atoms with E-state index in [1.54, 1.807) is 0 Å². The number of nitrogens with one attached hydrogen (secondary N) is 1. The average molecular weight is 496 g/mol. The topological polar surface area (TPSA) is 85.8 Å². The van der Waals surface area contributed by atoms with Crippen molar-refractivity contribution in [3.8, 4) is 11.4 Å². The molecule has 0 radical (unpaired) electrons. The van der Waals surface area contributed by atoms with Gasteiger partial charge in [0.2, 0.25) is 0 Å². The summed E-state index contributed by atoms with van der Waals surface area (Å²) >= 11 is 1.48. The van der Waals surface area contributed by atoms with Gasteiger partial charge >= 0.3 is 0 Å². The fourth-order valence-corrected chi connectivity index (χ4v) is 5.40. The number of carbonyl (C=O) groups excluding carboxylic acids is 1. The van der Waals surface area contributed by atoms with Crippen LogP contribution in [0.1, 0.15) is 41.0 Å². The molecule has 0 spiro atoms. The molecule has 1 aliphatic rings. The van der Waals surface area contributed by atoms with Crippen molar-refractivity contribution < 1.29 is 9.21 Å². The number of anilines is 1. The van der Waals surface area contributed by atoms with E-state index in [1.807, 2.05) is 72.8 Å². The maximum Gasteiger partial charge on any atom is 0.257 e. The number of oxazole rings is 1. The number of thioether (sulfide) groups is 1. The number of para-hydroxylation sites is 2. The van der Waals surface area contributed by atoms with Crippen LogP contribution < -0.4 is 5.32 Å². The molecule has 3 aromatic carbocycles. The van der Waals surface area contributed by atoms with Crippen LogP contribution in [0.15, 0.2) is 82.4 Å². The lowest BCUT2D eigenvalue weighted by atomic mass is 10.1. The van der Waals surface area contributed by atoms with Crippen LogP contribution in [0, 0.1) is 0 Å². The number of aryl methyl sites for hydroxylation is 1. The summed E-state index contributed by atoms with van der Waals surface area (Å²) in [6.45, 7) is 0.930. The Morgan fingerprint density at radius 2 is 1.86 bits per heavy atom. The third-order valence-corrected chi connectivity index (χ3v) is 7.25. The molecule has 180 valence electrons. The van der Waals surface area contributed by atoms with E-state index in [-0.39, 0.29) is 5.91 Å². The van der Waals surface area contributed by atoms with Gasteiger partial charge in [0.1, 0.15) is 11.3 Å². The fraction of sp³-hybridized carbons (Fsp3) is 0.214. The predicted octanol–water partition coefficient (Wildman–Crippen LogP) is 6.36. The first-order valence-corrected chi connectivity index (χ1v) is 13.1. The molecule has 0 saturated carbocycles. The standard InChI is InChI=1S/C28H25N5O2S/c34-27(22-12-4-3-9-20(22)18-36-28-30-23-13-5-6-14-24(23)35-28)29-21-11-8-10-19(17-21)26-32-31-25-15-2-1-7-16-33(25)26/h3-6,8-14,17H,1-2,7,15-16,18H2,(H,29,34). The molecule has 0 saturated heterocycles. The minimum Gasteiger partial charge on any atom is -0.431 e. The number of nitrogens with zero attached hydrogens (tertiary/aromatic N) is 4. The molecule has 0 fully saturated rings. The quantitative estimate of drug-likeness (QED) is 0.276. The second-order valence-corrected chi connectivity index (χ2v) is 9.76. The number of carbonyl (C=O) groups is 1. The van der Waals surface area contributed by atoms with E-state index in [2.05, 4.69) is 25.1 Å². The zero-order chi connectivity index (χ0) is 24.3. The van der Waals surface area contributed by atoms with Gasteiger partial charge in [-0.05, 0) is 48.7 Å². The van der Waals surface area contributed by atoms with E-state index in [9.17, 15) is 4.79 Å². The first-order chi connectivity index (χ1) is 17.7. The molecule has 0 aliphatic carbocycles. The van der Waals surface area contributed by atoms with Crippen molar-refractivity contribution in [3.63, 3.8) is 0 Å². The monoisotopic (exact) mass is 495 g/mol. The zero-order valence-electron chi connectivity index (χ0n) is 19.7. The minimum absolute atomic E-state index is 0.152. The van der Waals surface area contributed by atoms with Gasteiger partial charge in [-0.15, -0.1) is 10.2 Å². The minimum atomic E-state index is -0.152. The first-order valence-electron chi connectivity index (χ1n) is 12.1. The van der Waals surface area contributed by atoms with Gasteiger partial charge in [-0.3, -0.25) is 4.79 Å². The summed E-state index contributed by atoms with van der Waals surface area (Å²) in [5, 5.41) is 12.5. The van der Waals surface area contributed by atoms with Gasteiger partial charge in [-0.25, -0.2) is 4.98 Å². The van der Waals surface area contributed by atoms with Crippen molar-refractivity contribution >= 4 is 34.5 Å². The van der Waals surface area contributed by atoms with E-state index < -0.39 is 0 Å². The Morgan fingerprint density at radius 3 is 2.81 bits per heavy atom. The highest BCUT2D eigenvalue weighted by Crippen LogP contribution is 2.28. The smallest absolute Gasteiger partial charge is 0.257 e. The van der Waals surface area contributed by atoms with Gasteiger partial charge in [0, 0.05) is 35.5 Å². The van der Waals surface area contributed by atoms with Gasteiger partial charge in [-0.2, -0.15) is 0 Å². The van der Waals surface area contributed by atoms with E-state index in [0.29, 0.717) is 16.5 Å². The van der Waals surface area contributed by atoms with Crippen LogP contribution in [0.5, 0.6) is 0 Å². The third kappa shape index (κ3) is 4.64. The summed E-state index contributed by atoms with van der Waals surface area (Å²) in [6, 6.07) is 23.2. The third-order valence-electron chi connectivity index (χ3n) is 6.38. The molecule has 0 atom stereocenters. The number of hydrogen-bond donors (Lipinski definition) is 1. The maximum absolute atomic E-state index is 13.3. The van der Waals surface area contributed by atoms with Crippen LogP contribution in [-0.4, -0.2) is 25.7 Å². The van der Waals surface area contributed by atoms with Crippen molar-refractivity contribution in [1.82, 2.24) is 19.7 Å². The molecule has 1 N–H and O–H groups in total. The molecule has 36 heavy (non-hydrogen) atoms. The van der Waals surface area contributed by atoms with Gasteiger partial charge in [0.05, 0.1) is 0 Å². The van der Waals surface area contributed by atoms with Crippen molar-refractivity contribution in [1.29, 1.82) is 0 Å². The molecule has 2 aromatic heterocycles. The summed E-state index contributed by atoms with van der Waals surface area (Å²) in [6.07, 6.45) is 4.45. The van der Waals surface area contributed by atoms with Crippen LogP contribution in [0.25, 0.3) is 22.5 Å². The summed E-state index contributed by atoms with van der Waals surface area (Å²) in [5.74, 6) is 2.32. The van der Waals surface area contributed by atoms with Crippen molar-refractivity contribution in [2.24, 2.45) is 0 Å². The van der Waals surface area contributed by atoms with Crippen molar-refractivity contribution in [3.05, 3.63) is 89.7 Å². The molecular formula is C28H25N5O2S. The summed E-state index contributed by atoms with van der Waals surface area (Å²) in [5.41, 5.74) is 4.81. The van der Waals surface area contributed by atoms with E-state index in [4.69, 9.17) is 4.42 Å². The average Bonchev–Trinajstić information content (AvgIpc) is 3.44. The van der Waals surface area contributed by atoms with Gasteiger partial charge < -0.3 is 14.3 Å². The van der Waals surface area contributed by atoms with E-state index in [0.717, 1.165) is 65.4 Å². The highest BCUT2D eigenvalue weighted by atomic mass is 32.2. The molecular weight excluding hydrogens is 470 g/mol. The summed E-state index contributed by atoms with van der Waals surface area (Å²) < 4.78 is 8.03. The molecule has 5 aromatic rings. The Bertz CT molecular complexity index is 1510. The van der Waals surface area contributed by atoms with Crippen LogP contribution in [0.2, 0.25) is 0 Å². The molecule has 8 heteroatoms. The van der Waals surface area contributed by atoms with Crippen molar-refractivity contribution in [2.75, 3.05) is 5.32 Å². The number of rotatable bonds is 6. The molecule has 7 nitrogen and oxygen atoms in total. The van der Waals surface area contributed by atoms with Crippen LogP contribution in [0.4, 0.5) is 5.69 Å². The lowest BCUT2D eigenvalue weighted by Gasteiger charge is -2.11. The highest BCUT2D eigenvalue weighted by molar-refractivity contribution is 7.98. The largest absolute Gasteiger partial charge is 0.431 e. The number of amides is 1. The van der Waals surface area contributed by atoms with E-state index in [1.165, 1.54) is 18.2 Å². The fourth-order valence-electron chi connectivity index (χ4n) is 4.55. The maximum atomic E-state index is 13.3. The summed E-state index contributed by atoms with van der Waals surface area (Å²) in [4.78, 5) is 17.8. The molecule has 3 heterocycles. The Morgan fingerprint density at radius 1 is 0.972 bits per heavy atom. The van der Waals surface area contributed by atoms with Crippen molar-refractivity contribution in [2.45, 2.75) is 43.2 Å². The molecule has 0 bridgehead atoms. The van der Waals surface area contributed by atoms with Crippen LogP contribution in [0.3, 0.4) is 0 Å². The SMILES string of the molecule is O=C(Nc1cccc(-c2nnc3n2CCCCC3)c1)c1ccccc1CSc1nc2ccccc2o1. The molecule has 1 amide bonds. The Balaban J connectivity index is 1.19. The second-order valence-electron chi connectivity index (χ2n) is 8.83. The lowest BCUT2D eigenvalue weighted by Crippen LogP contribution is -2.14. The van der Waals surface area contributed by atoms with E-state index >= 15 is 0 Å². The van der Waals surface area contributed by atoms with Gasteiger partial charge in [0.25, 0.3) is 11.1 Å². The Kier molecular flexibility index (Phi) is 6.26. The number of fused-ring (bicyclic) bond motifs is 2. The Labute approximate surface area is 213 Å². The van der Waals surface area contributed by atoms with Gasteiger partial charge in [-0.1, -0.05) is 60.6 Å². The van der Waals surface area contributed by atoms with Gasteiger partial charge in [0.15, 0.2) is 11.4 Å². The number of benzene rings is 3. The highest BCUT2D eigenvalue weighted by Gasteiger charge is 2.17. The number of aromatic nitrogens is 4. The van der Waals surface area contributed by atoms with Crippen LogP contribution >= 0.6 is 11.8 Å². The normalized spacial score (nSPS) is 13.3. The second kappa shape index (κ2) is 9.99.